The summed E-state index contributed by atoms with van der Waals surface area (Å²) in [7, 11) is 0. The lowest BCUT2D eigenvalue weighted by molar-refractivity contribution is 0.110. The van der Waals surface area contributed by atoms with Gasteiger partial charge in [0, 0.05) is 31.9 Å². The van der Waals surface area contributed by atoms with Crippen molar-refractivity contribution in [2.45, 2.75) is 44.6 Å². The van der Waals surface area contributed by atoms with Crippen LogP contribution in [0.4, 0.5) is 5.69 Å². The molecule has 1 saturated heterocycles. The lowest BCUT2D eigenvalue weighted by Gasteiger charge is -2.46. The molecule has 2 nitrogen and oxygen atoms in total. The first kappa shape index (κ1) is 12.7. The van der Waals surface area contributed by atoms with Crippen LogP contribution in [0.3, 0.4) is 0 Å². The number of likely N-dealkylation sites (tertiary alicyclic amines) is 1. The van der Waals surface area contributed by atoms with E-state index in [4.69, 9.17) is 0 Å². The van der Waals surface area contributed by atoms with Crippen molar-refractivity contribution in [3.05, 3.63) is 29.8 Å². The third kappa shape index (κ3) is 2.35. The number of para-hydroxylation sites is 1. The van der Waals surface area contributed by atoms with Crippen molar-refractivity contribution in [1.29, 1.82) is 0 Å². The number of anilines is 1. The Hall–Kier alpha value is -1.02. The second kappa shape index (κ2) is 5.40. The monoisotopic (exact) mass is 270 g/mol. The van der Waals surface area contributed by atoms with Gasteiger partial charge >= 0.3 is 0 Å². The van der Waals surface area contributed by atoms with E-state index < -0.39 is 0 Å². The number of rotatable bonds is 3. The van der Waals surface area contributed by atoms with Crippen molar-refractivity contribution < 1.29 is 0 Å². The molecule has 3 aliphatic rings. The summed E-state index contributed by atoms with van der Waals surface area (Å²) < 4.78 is 0. The minimum atomic E-state index is 0.780. The highest BCUT2D eigenvalue weighted by molar-refractivity contribution is 5.59. The number of fused-ring (bicyclic) bond motifs is 1. The molecule has 108 valence electrons. The van der Waals surface area contributed by atoms with Gasteiger partial charge in [0.25, 0.3) is 0 Å². The lowest BCUT2D eigenvalue weighted by atomic mass is 9.88. The maximum atomic E-state index is 2.70. The summed E-state index contributed by atoms with van der Waals surface area (Å²) in [5, 5.41) is 0. The molecule has 2 heteroatoms. The van der Waals surface area contributed by atoms with E-state index in [1.165, 1.54) is 70.4 Å². The van der Waals surface area contributed by atoms with E-state index in [1.54, 1.807) is 5.56 Å². The average Bonchev–Trinajstić information content (AvgIpc) is 2.87. The van der Waals surface area contributed by atoms with Crippen LogP contribution in [0.25, 0.3) is 0 Å². The Morgan fingerprint density at radius 2 is 1.80 bits per heavy atom. The van der Waals surface area contributed by atoms with Crippen LogP contribution in [0.15, 0.2) is 24.3 Å². The molecule has 0 unspecified atom stereocenters. The summed E-state index contributed by atoms with van der Waals surface area (Å²) in [5.74, 6) is 0.996. The Labute approximate surface area is 122 Å². The smallest absolute Gasteiger partial charge is 0.0544 e. The maximum Gasteiger partial charge on any atom is 0.0544 e. The number of benzene rings is 1. The fourth-order valence-corrected chi connectivity index (χ4v) is 4.37. The quantitative estimate of drug-likeness (QED) is 0.831. The van der Waals surface area contributed by atoms with E-state index in [2.05, 4.69) is 34.1 Å². The molecule has 1 aromatic rings. The van der Waals surface area contributed by atoms with E-state index in [-0.39, 0.29) is 0 Å². The minimum Gasteiger partial charge on any atom is -0.365 e. The molecule has 0 aromatic heterocycles. The zero-order chi connectivity index (χ0) is 13.4. The molecule has 20 heavy (non-hydrogen) atoms. The molecule has 0 spiro atoms. The molecule has 4 rings (SSSR count). The van der Waals surface area contributed by atoms with Gasteiger partial charge < -0.3 is 4.90 Å². The normalized spacial score (nSPS) is 24.7. The lowest BCUT2D eigenvalue weighted by Crippen LogP contribution is -2.60. The standard InChI is InChI=1S/C18H26N2/c1-2-6-15(7-3-1)12-19-13-17(14-19)20-11-10-16-8-4-5-9-18(16)20/h4-5,8-9,15,17H,1-3,6-7,10-14H2. The van der Waals surface area contributed by atoms with Crippen LogP contribution in [0, 0.1) is 5.92 Å². The number of nitrogens with zero attached hydrogens (tertiary/aromatic N) is 2. The van der Waals surface area contributed by atoms with Crippen molar-refractivity contribution in [2.75, 3.05) is 31.1 Å². The van der Waals surface area contributed by atoms with E-state index in [0.29, 0.717) is 0 Å². The fraction of sp³-hybridized carbons (Fsp3) is 0.667. The Bertz CT molecular complexity index is 458. The second-order valence-electron chi connectivity index (χ2n) is 6.95. The molecule has 0 bridgehead atoms. The molecule has 0 N–H and O–H groups in total. The van der Waals surface area contributed by atoms with E-state index >= 15 is 0 Å². The molecule has 0 radical (unpaired) electrons. The molecule has 0 atom stereocenters. The predicted octanol–water partition coefficient (Wildman–Crippen LogP) is 3.31. The van der Waals surface area contributed by atoms with Crippen LogP contribution >= 0.6 is 0 Å². The Morgan fingerprint density at radius 3 is 2.65 bits per heavy atom. The van der Waals surface area contributed by atoms with E-state index in [1.807, 2.05) is 0 Å². The van der Waals surface area contributed by atoms with Gasteiger partial charge in [0.15, 0.2) is 0 Å². The third-order valence-electron chi connectivity index (χ3n) is 5.54. The van der Waals surface area contributed by atoms with Crippen LogP contribution in [-0.2, 0) is 6.42 Å². The van der Waals surface area contributed by atoms with Gasteiger partial charge in [-0.25, -0.2) is 0 Å². The van der Waals surface area contributed by atoms with Crippen LogP contribution in [-0.4, -0.2) is 37.1 Å². The molecular formula is C18H26N2. The van der Waals surface area contributed by atoms with Crippen molar-refractivity contribution in [3.8, 4) is 0 Å². The minimum absolute atomic E-state index is 0.780. The SMILES string of the molecule is c1ccc2c(c1)CCN2C1CN(CC2CCCCC2)C1. The summed E-state index contributed by atoms with van der Waals surface area (Å²) >= 11 is 0. The largest absolute Gasteiger partial charge is 0.365 e. The van der Waals surface area contributed by atoms with Crippen LogP contribution < -0.4 is 4.90 Å². The highest BCUT2D eigenvalue weighted by Gasteiger charge is 2.35. The first-order valence-electron chi connectivity index (χ1n) is 8.47. The molecule has 2 fully saturated rings. The first-order chi connectivity index (χ1) is 9.90. The molecule has 0 amide bonds. The Balaban J connectivity index is 1.31. The van der Waals surface area contributed by atoms with Gasteiger partial charge in [-0.2, -0.15) is 0 Å². The van der Waals surface area contributed by atoms with Crippen molar-refractivity contribution in [2.24, 2.45) is 5.92 Å². The summed E-state index contributed by atoms with van der Waals surface area (Å²) in [5.41, 5.74) is 3.06. The second-order valence-corrected chi connectivity index (χ2v) is 6.95. The predicted molar refractivity (Wildman–Crippen MR) is 84.3 cm³/mol. The van der Waals surface area contributed by atoms with Gasteiger partial charge in [-0.05, 0) is 36.8 Å². The molecule has 2 aliphatic heterocycles. The third-order valence-corrected chi connectivity index (χ3v) is 5.54. The molecule has 1 aliphatic carbocycles. The highest BCUT2D eigenvalue weighted by atomic mass is 15.3. The fourth-order valence-electron chi connectivity index (χ4n) is 4.37. The maximum absolute atomic E-state index is 2.70. The molecule has 1 saturated carbocycles. The average molecular weight is 270 g/mol. The Kier molecular flexibility index (Phi) is 3.43. The van der Waals surface area contributed by atoms with Gasteiger partial charge in [-0.3, -0.25) is 4.90 Å². The van der Waals surface area contributed by atoms with E-state index in [0.717, 1.165) is 12.0 Å². The van der Waals surface area contributed by atoms with Crippen LogP contribution in [0.1, 0.15) is 37.7 Å². The molecule has 2 heterocycles. The van der Waals surface area contributed by atoms with Crippen molar-refractivity contribution >= 4 is 5.69 Å². The molecule has 1 aromatic carbocycles. The molecular weight excluding hydrogens is 244 g/mol. The summed E-state index contributed by atoms with van der Waals surface area (Å²) in [6.07, 6.45) is 8.63. The van der Waals surface area contributed by atoms with Crippen LogP contribution in [0.5, 0.6) is 0 Å². The van der Waals surface area contributed by atoms with Gasteiger partial charge in [-0.1, -0.05) is 37.5 Å². The van der Waals surface area contributed by atoms with Crippen molar-refractivity contribution in [3.63, 3.8) is 0 Å². The number of hydrogen-bond acceptors (Lipinski definition) is 2. The summed E-state index contributed by atoms with van der Waals surface area (Å²) in [4.78, 5) is 5.36. The van der Waals surface area contributed by atoms with Gasteiger partial charge in [0.1, 0.15) is 0 Å². The van der Waals surface area contributed by atoms with Gasteiger partial charge in [0.2, 0.25) is 0 Å². The zero-order valence-corrected chi connectivity index (χ0v) is 12.4. The van der Waals surface area contributed by atoms with Gasteiger partial charge in [0.05, 0.1) is 6.04 Å². The highest BCUT2D eigenvalue weighted by Crippen LogP contribution is 2.33. The number of hydrogen-bond donors (Lipinski definition) is 0. The summed E-state index contributed by atoms with van der Waals surface area (Å²) in [6, 6.07) is 9.76. The van der Waals surface area contributed by atoms with Gasteiger partial charge in [-0.15, -0.1) is 0 Å². The summed E-state index contributed by atoms with van der Waals surface area (Å²) in [6.45, 7) is 5.20. The van der Waals surface area contributed by atoms with Crippen LogP contribution in [0.2, 0.25) is 0 Å². The topological polar surface area (TPSA) is 6.48 Å². The van der Waals surface area contributed by atoms with E-state index in [9.17, 15) is 0 Å². The zero-order valence-electron chi connectivity index (χ0n) is 12.4. The van der Waals surface area contributed by atoms with Crippen molar-refractivity contribution in [1.82, 2.24) is 4.90 Å². The first-order valence-corrected chi connectivity index (χ1v) is 8.47. The Morgan fingerprint density at radius 1 is 1.00 bits per heavy atom.